The van der Waals surface area contributed by atoms with Gasteiger partial charge in [-0.2, -0.15) is 0 Å². The molecule has 1 amide bonds. The van der Waals surface area contributed by atoms with Crippen LogP contribution in [0.5, 0.6) is 0 Å². The topological polar surface area (TPSA) is 116 Å². The molecule has 9 nitrogen and oxygen atoms in total. The van der Waals surface area contributed by atoms with Crippen LogP contribution in [0.4, 0.5) is 11.4 Å². The van der Waals surface area contributed by atoms with Crippen LogP contribution in [0, 0.1) is 10.1 Å². The van der Waals surface area contributed by atoms with Gasteiger partial charge < -0.3 is 14.4 Å². The number of para-hydroxylation sites is 1. The molecule has 1 aliphatic rings. The largest absolute Gasteiger partial charge is 0.465 e. The average Bonchev–Trinajstić information content (AvgIpc) is 2.75. The summed E-state index contributed by atoms with van der Waals surface area (Å²) in [5, 5.41) is 11.1. The van der Waals surface area contributed by atoms with Gasteiger partial charge in [0.2, 0.25) is 0 Å². The number of carbonyl (C=O) groups excluding carboxylic acids is 3. The Morgan fingerprint density at radius 3 is 2.48 bits per heavy atom. The van der Waals surface area contributed by atoms with Crippen LogP contribution in [0.3, 0.4) is 0 Å². The number of rotatable bonds is 5. The summed E-state index contributed by atoms with van der Waals surface area (Å²) in [6, 6.07) is 10.6. The number of nitro benzene ring substituents is 1. The van der Waals surface area contributed by atoms with Crippen LogP contribution in [0.15, 0.2) is 42.5 Å². The second-order valence-corrected chi connectivity index (χ2v) is 6.37. The van der Waals surface area contributed by atoms with Crippen LogP contribution in [-0.4, -0.2) is 43.0 Å². The molecule has 0 spiro atoms. The van der Waals surface area contributed by atoms with Crippen LogP contribution in [-0.2, 0) is 20.7 Å². The van der Waals surface area contributed by atoms with E-state index in [9.17, 15) is 24.5 Å². The van der Waals surface area contributed by atoms with E-state index in [1.54, 1.807) is 4.90 Å². The van der Waals surface area contributed by atoms with E-state index in [-0.39, 0.29) is 11.1 Å². The SMILES string of the molecule is COC(=O)c1cc(C(=O)OCC(=O)N2CCCc3ccccc32)cc([N+](=O)[O-])c1. The van der Waals surface area contributed by atoms with Gasteiger partial charge in [-0.15, -0.1) is 0 Å². The van der Waals surface area contributed by atoms with Gasteiger partial charge in [0.05, 0.1) is 23.2 Å². The van der Waals surface area contributed by atoms with Crippen LogP contribution >= 0.6 is 0 Å². The zero-order valence-corrected chi connectivity index (χ0v) is 15.6. The molecule has 29 heavy (non-hydrogen) atoms. The molecule has 2 aromatic carbocycles. The molecule has 3 rings (SSSR count). The number of anilines is 1. The molecular weight excluding hydrogens is 380 g/mol. The molecule has 0 saturated heterocycles. The first-order valence-electron chi connectivity index (χ1n) is 8.84. The quantitative estimate of drug-likeness (QED) is 0.432. The number of nitro groups is 1. The lowest BCUT2D eigenvalue weighted by Gasteiger charge is -2.29. The van der Waals surface area contributed by atoms with Crippen LogP contribution < -0.4 is 4.90 Å². The Labute approximate surface area is 166 Å². The van der Waals surface area contributed by atoms with Gasteiger partial charge in [-0.05, 0) is 30.5 Å². The molecule has 0 unspecified atom stereocenters. The Kier molecular flexibility index (Phi) is 5.87. The summed E-state index contributed by atoms with van der Waals surface area (Å²) in [5.41, 5.74) is 0.982. The molecule has 1 heterocycles. The standard InChI is InChI=1S/C20H18N2O7/c1-28-19(24)14-9-15(11-16(10-14)22(26)27)20(25)29-12-18(23)21-8-4-6-13-5-2-3-7-17(13)21/h2-3,5,7,9-11H,4,6,8,12H2,1H3. The highest BCUT2D eigenvalue weighted by atomic mass is 16.6. The zero-order chi connectivity index (χ0) is 21.0. The molecular formula is C20H18N2O7. The second kappa shape index (κ2) is 8.51. The maximum absolute atomic E-state index is 12.6. The van der Waals surface area contributed by atoms with E-state index in [2.05, 4.69) is 4.74 Å². The summed E-state index contributed by atoms with van der Waals surface area (Å²) in [5.74, 6) is -2.18. The van der Waals surface area contributed by atoms with Gasteiger partial charge in [-0.25, -0.2) is 9.59 Å². The van der Waals surface area contributed by atoms with Crippen LogP contribution in [0.25, 0.3) is 0 Å². The van der Waals surface area contributed by atoms with E-state index in [1.165, 1.54) is 0 Å². The van der Waals surface area contributed by atoms with Crippen molar-refractivity contribution in [3.05, 3.63) is 69.3 Å². The van der Waals surface area contributed by atoms with Gasteiger partial charge in [0.1, 0.15) is 0 Å². The first kappa shape index (κ1) is 20.0. The number of non-ortho nitro benzene ring substituents is 1. The summed E-state index contributed by atoms with van der Waals surface area (Å²) in [6.07, 6.45) is 1.66. The highest BCUT2D eigenvalue weighted by molar-refractivity contribution is 5.99. The third kappa shape index (κ3) is 4.40. The van der Waals surface area contributed by atoms with E-state index >= 15 is 0 Å². The molecule has 0 radical (unpaired) electrons. The predicted octanol–water partition coefficient (Wildman–Crippen LogP) is 2.52. The Morgan fingerprint density at radius 2 is 1.79 bits per heavy atom. The highest BCUT2D eigenvalue weighted by Gasteiger charge is 2.24. The average molecular weight is 398 g/mol. The minimum absolute atomic E-state index is 0.162. The fraction of sp³-hybridized carbons (Fsp3) is 0.250. The lowest BCUT2D eigenvalue weighted by molar-refractivity contribution is -0.384. The van der Waals surface area contributed by atoms with E-state index < -0.39 is 35.1 Å². The summed E-state index contributed by atoms with van der Waals surface area (Å²) >= 11 is 0. The van der Waals surface area contributed by atoms with Gasteiger partial charge in [0, 0.05) is 24.4 Å². The number of methoxy groups -OCH3 is 1. The number of carbonyl (C=O) groups is 3. The van der Waals surface area contributed by atoms with E-state index in [4.69, 9.17) is 4.74 Å². The van der Waals surface area contributed by atoms with Crippen LogP contribution in [0.2, 0.25) is 0 Å². The van der Waals surface area contributed by atoms with Gasteiger partial charge >= 0.3 is 11.9 Å². The first-order chi connectivity index (χ1) is 13.9. The summed E-state index contributed by atoms with van der Waals surface area (Å²) < 4.78 is 9.60. The minimum atomic E-state index is -0.947. The number of ether oxygens (including phenoxy) is 2. The molecule has 0 saturated carbocycles. The van der Waals surface area contributed by atoms with Crippen molar-refractivity contribution in [3.63, 3.8) is 0 Å². The Bertz CT molecular complexity index is 987. The maximum Gasteiger partial charge on any atom is 0.338 e. The number of amides is 1. The first-order valence-corrected chi connectivity index (χ1v) is 8.84. The van der Waals surface area contributed by atoms with Crippen molar-refractivity contribution in [2.45, 2.75) is 12.8 Å². The molecule has 0 N–H and O–H groups in total. The van der Waals surface area contributed by atoms with E-state index in [0.29, 0.717) is 6.54 Å². The third-order valence-electron chi connectivity index (χ3n) is 4.52. The fourth-order valence-electron chi connectivity index (χ4n) is 3.15. The van der Waals surface area contributed by atoms with Crippen molar-refractivity contribution in [1.82, 2.24) is 0 Å². The molecule has 2 aromatic rings. The number of esters is 2. The van der Waals surface area contributed by atoms with Gasteiger partial charge in [0.15, 0.2) is 6.61 Å². The smallest absolute Gasteiger partial charge is 0.338 e. The number of hydrogen-bond donors (Lipinski definition) is 0. The zero-order valence-electron chi connectivity index (χ0n) is 15.6. The molecule has 9 heteroatoms. The van der Waals surface area contributed by atoms with Crippen LogP contribution in [0.1, 0.15) is 32.7 Å². The van der Waals surface area contributed by atoms with Crippen molar-refractivity contribution in [2.24, 2.45) is 0 Å². The Hall–Kier alpha value is -3.75. The number of hydrogen-bond acceptors (Lipinski definition) is 7. The predicted molar refractivity (Wildman–Crippen MR) is 102 cm³/mol. The maximum atomic E-state index is 12.6. The van der Waals surface area contributed by atoms with Crippen molar-refractivity contribution >= 4 is 29.2 Å². The molecule has 0 aliphatic carbocycles. The normalized spacial score (nSPS) is 12.7. The summed E-state index contributed by atoms with van der Waals surface area (Å²) in [4.78, 5) is 48.5. The minimum Gasteiger partial charge on any atom is -0.465 e. The van der Waals surface area contributed by atoms with Gasteiger partial charge in [0.25, 0.3) is 11.6 Å². The highest BCUT2D eigenvalue weighted by Crippen LogP contribution is 2.26. The van der Waals surface area contributed by atoms with Gasteiger partial charge in [-0.1, -0.05) is 18.2 Å². The lowest BCUT2D eigenvalue weighted by Crippen LogP contribution is -2.38. The molecule has 0 aromatic heterocycles. The Balaban J connectivity index is 1.74. The number of benzene rings is 2. The van der Waals surface area contributed by atoms with E-state index in [0.717, 1.165) is 49.4 Å². The van der Waals surface area contributed by atoms with Crippen molar-refractivity contribution in [2.75, 3.05) is 25.2 Å². The summed E-state index contributed by atoms with van der Waals surface area (Å²) in [7, 11) is 1.12. The third-order valence-corrected chi connectivity index (χ3v) is 4.52. The van der Waals surface area contributed by atoms with Crippen molar-refractivity contribution in [1.29, 1.82) is 0 Å². The molecule has 150 valence electrons. The fourth-order valence-corrected chi connectivity index (χ4v) is 3.15. The molecule has 1 aliphatic heterocycles. The molecule has 0 bridgehead atoms. The Morgan fingerprint density at radius 1 is 1.10 bits per heavy atom. The summed E-state index contributed by atoms with van der Waals surface area (Å²) in [6.45, 7) is -0.0138. The molecule has 0 fully saturated rings. The van der Waals surface area contributed by atoms with Crippen molar-refractivity contribution < 1.29 is 28.8 Å². The van der Waals surface area contributed by atoms with Gasteiger partial charge in [-0.3, -0.25) is 14.9 Å². The monoisotopic (exact) mass is 398 g/mol. The number of nitrogens with zero attached hydrogens (tertiary/aromatic N) is 2. The van der Waals surface area contributed by atoms with E-state index in [1.807, 2.05) is 24.3 Å². The van der Waals surface area contributed by atoms with Crippen molar-refractivity contribution in [3.8, 4) is 0 Å². The molecule has 0 atom stereocenters. The number of fused-ring (bicyclic) bond motifs is 1. The lowest BCUT2D eigenvalue weighted by atomic mass is 10.0. The second-order valence-electron chi connectivity index (χ2n) is 6.37. The number of aryl methyl sites for hydroxylation is 1.